The largest absolute Gasteiger partial charge is 0.327 e. The first-order valence-corrected chi connectivity index (χ1v) is 8.43. The molecule has 0 spiro atoms. The number of amides is 1. The SMILES string of the molecule is CON1CCC(C#N)(N(C)C(=O)Cc2c(C)cc(Cl)cc2C)CC1. The number of hydrogen-bond donors (Lipinski definition) is 0. The quantitative estimate of drug-likeness (QED) is 0.838. The summed E-state index contributed by atoms with van der Waals surface area (Å²) in [7, 11) is 3.36. The predicted octanol–water partition coefficient (Wildman–Crippen LogP) is 2.88. The fourth-order valence-electron chi connectivity index (χ4n) is 3.29. The van der Waals surface area contributed by atoms with Crippen LogP contribution in [0.15, 0.2) is 12.1 Å². The molecule has 1 amide bonds. The van der Waals surface area contributed by atoms with Crippen molar-refractivity contribution in [3.8, 4) is 6.07 Å². The molecule has 0 unspecified atom stereocenters. The van der Waals surface area contributed by atoms with Gasteiger partial charge in [-0.1, -0.05) is 11.6 Å². The molecule has 1 saturated heterocycles. The summed E-state index contributed by atoms with van der Waals surface area (Å²) in [4.78, 5) is 19.6. The molecule has 1 heterocycles. The Morgan fingerprint density at radius 3 is 2.38 bits per heavy atom. The zero-order valence-electron chi connectivity index (χ0n) is 14.7. The summed E-state index contributed by atoms with van der Waals surface area (Å²) in [5.41, 5.74) is 2.22. The van der Waals surface area contributed by atoms with Gasteiger partial charge in [-0.3, -0.25) is 4.79 Å². The van der Waals surface area contributed by atoms with E-state index in [0.29, 0.717) is 31.0 Å². The van der Waals surface area contributed by atoms with E-state index in [4.69, 9.17) is 16.4 Å². The maximum Gasteiger partial charge on any atom is 0.228 e. The van der Waals surface area contributed by atoms with Gasteiger partial charge in [0.2, 0.25) is 5.91 Å². The molecular weight excluding hydrogens is 326 g/mol. The molecule has 1 aromatic carbocycles. The second-order valence-corrected chi connectivity index (χ2v) is 6.84. The van der Waals surface area contributed by atoms with Crippen LogP contribution in [0.4, 0.5) is 0 Å². The monoisotopic (exact) mass is 349 g/mol. The number of nitrogens with zero attached hydrogens (tertiary/aromatic N) is 3. The van der Waals surface area contributed by atoms with Crippen molar-refractivity contribution in [1.82, 2.24) is 9.96 Å². The van der Waals surface area contributed by atoms with Crippen LogP contribution in [0, 0.1) is 25.2 Å². The van der Waals surface area contributed by atoms with E-state index < -0.39 is 5.54 Å². The third-order valence-corrected chi connectivity index (χ3v) is 5.24. The summed E-state index contributed by atoms with van der Waals surface area (Å²) in [5, 5.41) is 12.2. The highest BCUT2D eigenvalue weighted by Crippen LogP contribution is 2.29. The fourth-order valence-corrected chi connectivity index (χ4v) is 3.62. The molecule has 0 atom stereocenters. The number of likely N-dealkylation sites (N-methyl/N-ethyl adjacent to an activating group) is 1. The van der Waals surface area contributed by atoms with Crippen molar-refractivity contribution >= 4 is 17.5 Å². The van der Waals surface area contributed by atoms with Crippen LogP contribution in [-0.4, -0.2) is 48.7 Å². The molecule has 1 aromatic rings. The normalized spacial score (nSPS) is 17.3. The van der Waals surface area contributed by atoms with Crippen molar-refractivity contribution in [3.05, 3.63) is 33.8 Å². The minimum Gasteiger partial charge on any atom is -0.327 e. The molecular formula is C18H24ClN3O2. The lowest BCUT2D eigenvalue weighted by Crippen LogP contribution is -2.55. The van der Waals surface area contributed by atoms with Gasteiger partial charge >= 0.3 is 0 Å². The van der Waals surface area contributed by atoms with E-state index in [0.717, 1.165) is 16.7 Å². The van der Waals surface area contributed by atoms with Crippen LogP contribution in [0.3, 0.4) is 0 Å². The van der Waals surface area contributed by atoms with Gasteiger partial charge in [-0.15, -0.1) is 0 Å². The number of carbonyl (C=O) groups is 1. The first kappa shape index (κ1) is 18.7. The Balaban J connectivity index is 2.16. The van der Waals surface area contributed by atoms with Gasteiger partial charge in [-0.2, -0.15) is 10.3 Å². The molecule has 0 aliphatic carbocycles. The molecule has 0 radical (unpaired) electrons. The van der Waals surface area contributed by atoms with Gasteiger partial charge in [-0.25, -0.2) is 0 Å². The van der Waals surface area contributed by atoms with Crippen LogP contribution in [0.25, 0.3) is 0 Å². The zero-order chi connectivity index (χ0) is 17.9. The van der Waals surface area contributed by atoms with Gasteiger partial charge in [0.15, 0.2) is 0 Å². The van der Waals surface area contributed by atoms with Gasteiger partial charge in [0.25, 0.3) is 0 Å². The Morgan fingerprint density at radius 1 is 1.38 bits per heavy atom. The Labute approximate surface area is 148 Å². The molecule has 0 bridgehead atoms. The molecule has 0 N–H and O–H groups in total. The van der Waals surface area contributed by atoms with Crippen LogP contribution < -0.4 is 0 Å². The summed E-state index contributed by atoms with van der Waals surface area (Å²) in [5.74, 6) is -0.0454. The van der Waals surface area contributed by atoms with E-state index in [-0.39, 0.29) is 12.3 Å². The number of rotatable bonds is 4. The van der Waals surface area contributed by atoms with E-state index in [9.17, 15) is 10.1 Å². The summed E-state index contributed by atoms with van der Waals surface area (Å²) < 4.78 is 0. The summed E-state index contributed by atoms with van der Waals surface area (Å²) >= 11 is 6.06. The number of aryl methyl sites for hydroxylation is 2. The Kier molecular flexibility index (Phi) is 5.87. The average molecular weight is 350 g/mol. The van der Waals surface area contributed by atoms with Crippen molar-refractivity contribution in [1.29, 1.82) is 5.26 Å². The van der Waals surface area contributed by atoms with Crippen LogP contribution >= 0.6 is 11.6 Å². The number of hydroxylamine groups is 2. The highest BCUT2D eigenvalue weighted by molar-refractivity contribution is 6.30. The average Bonchev–Trinajstić information content (AvgIpc) is 2.57. The Hall–Kier alpha value is -1.61. The topological polar surface area (TPSA) is 56.6 Å². The van der Waals surface area contributed by atoms with Gasteiger partial charge in [0.05, 0.1) is 19.6 Å². The summed E-state index contributed by atoms with van der Waals surface area (Å²) in [6.45, 7) is 5.19. The molecule has 1 fully saturated rings. The molecule has 130 valence electrons. The smallest absolute Gasteiger partial charge is 0.228 e. The van der Waals surface area contributed by atoms with E-state index in [1.165, 1.54) is 0 Å². The first-order chi connectivity index (χ1) is 11.3. The zero-order valence-corrected chi connectivity index (χ0v) is 15.5. The predicted molar refractivity (Wildman–Crippen MR) is 93.6 cm³/mol. The van der Waals surface area contributed by atoms with Crippen LogP contribution in [0.5, 0.6) is 0 Å². The number of nitriles is 1. The molecule has 6 heteroatoms. The van der Waals surface area contributed by atoms with E-state index in [1.807, 2.05) is 31.0 Å². The van der Waals surface area contributed by atoms with Gasteiger partial charge in [0.1, 0.15) is 5.54 Å². The third-order valence-electron chi connectivity index (χ3n) is 5.02. The standard InChI is InChI=1S/C18H24ClN3O2/c1-13-9-15(19)10-14(2)16(13)11-17(23)21(3)18(12-20)5-7-22(24-4)8-6-18/h9-10H,5-8,11H2,1-4H3. The van der Waals surface area contributed by atoms with Crippen molar-refractivity contribution in [2.24, 2.45) is 0 Å². The number of benzene rings is 1. The minimum atomic E-state index is -0.764. The van der Waals surface area contributed by atoms with Crippen molar-refractivity contribution in [2.75, 3.05) is 27.2 Å². The third kappa shape index (κ3) is 3.72. The van der Waals surface area contributed by atoms with Gasteiger partial charge in [-0.05, 0) is 55.5 Å². The number of halogens is 1. The van der Waals surface area contributed by atoms with Crippen LogP contribution in [0.2, 0.25) is 5.02 Å². The molecule has 5 nitrogen and oxygen atoms in total. The minimum absolute atomic E-state index is 0.0454. The Morgan fingerprint density at radius 2 is 1.92 bits per heavy atom. The lowest BCUT2D eigenvalue weighted by atomic mass is 9.87. The maximum atomic E-state index is 12.8. The van der Waals surface area contributed by atoms with Crippen molar-refractivity contribution in [2.45, 2.75) is 38.6 Å². The summed E-state index contributed by atoms with van der Waals surface area (Å²) in [6.07, 6.45) is 1.44. The van der Waals surface area contributed by atoms with Gasteiger partial charge < -0.3 is 9.74 Å². The molecule has 1 aliphatic heterocycles. The highest BCUT2D eigenvalue weighted by Gasteiger charge is 2.41. The number of carbonyl (C=O) groups excluding carboxylic acids is 1. The lowest BCUT2D eigenvalue weighted by Gasteiger charge is -2.42. The second kappa shape index (κ2) is 7.52. The van der Waals surface area contributed by atoms with E-state index >= 15 is 0 Å². The van der Waals surface area contributed by atoms with Gasteiger partial charge in [0, 0.05) is 25.2 Å². The van der Waals surface area contributed by atoms with E-state index in [1.54, 1.807) is 19.1 Å². The van der Waals surface area contributed by atoms with Crippen molar-refractivity contribution in [3.63, 3.8) is 0 Å². The van der Waals surface area contributed by atoms with E-state index in [2.05, 4.69) is 6.07 Å². The lowest BCUT2D eigenvalue weighted by molar-refractivity contribution is -0.161. The Bertz CT molecular complexity index is 638. The molecule has 0 aromatic heterocycles. The summed E-state index contributed by atoms with van der Waals surface area (Å²) in [6, 6.07) is 6.11. The van der Waals surface area contributed by atoms with Crippen LogP contribution in [0.1, 0.15) is 29.5 Å². The fraction of sp³-hybridized carbons (Fsp3) is 0.556. The highest BCUT2D eigenvalue weighted by atomic mass is 35.5. The molecule has 24 heavy (non-hydrogen) atoms. The second-order valence-electron chi connectivity index (χ2n) is 6.40. The first-order valence-electron chi connectivity index (χ1n) is 8.05. The molecule has 0 saturated carbocycles. The van der Waals surface area contributed by atoms with Crippen molar-refractivity contribution < 1.29 is 9.63 Å². The van der Waals surface area contributed by atoms with Crippen LogP contribution in [-0.2, 0) is 16.1 Å². The number of piperidine rings is 1. The molecule has 1 aliphatic rings. The molecule has 2 rings (SSSR count). The number of hydrogen-bond acceptors (Lipinski definition) is 4. The maximum absolute atomic E-state index is 12.8.